The summed E-state index contributed by atoms with van der Waals surface area (Å²) in [6, 6.07) is 11.1. The molecule has 1 aliphatic heterocycles. The fraction of sp³-hybridized carbons (Fsp3) is 0.350. The number of fused-ring (bicyclic) bond motifs is 1. The van der Waals surface area contributed by atoms with Crippen molar-refractivity contribution in [1.82, 2.24) is 18.4 Å². The van der Waals surface area contributed by atoms with Crippen molar-refractivity contribution in [3.63, 3.8) is 0 Å². The average molecular weight is 449 g/mol. The number of nitrogens with zero attached hydrogens (tertiary/aromatic N) is 3. The van der Waals surface area contributed by atoms with E-state index in [2.05, 4.69) is 14.1 Å². The molecule has 2 aromatic carbocycles. The van der Waals surface area contributed by atoms with Gasteiger partial charge < -0.3 is 5.32 Å². The molecule has 1 fully saturated rings. The molecule has 1 aliphatic rings. The number of carbonyl (C=O) groups excluding carboxylic acids is 1. The van der Waals surface area contributed by atoms with Crippen LogP contribution in [0.25, 0.3) is 11.0 Å². The third-order valence-corrected chi connectivity index (χ3v) is 7.69. The Morgan fingerprint density at radius 2 is 2.00 bits per heavy atom. The summed E-state index contributed by atoms with van der Waals surface area (Å²) in [5, 5.41) is 2.88. The number of benzene rings is 2. The maximum atomic E-state index is 13.2. The van der Waals surface area contributed by atoms with Crippen LogP contribution in [0.15, 0.2) is 47.4 Å². The van der Waals surface area contributed by atoms with Crippen LogP contribution in [0.1, 0.15) is 18.4 Å². The highest BCUT2D eigenvalue weighted by Crippen LogP contribution is 2.28. The Morgan fingerprint density at radius 1 is 1.20 bits per heavy atom. The molecule has 0 unspecified atom stereocenters. The predicted octanol–water partition coefficient (Wildman–Crippen LogP) is 2.59. The standard InChI is InChI=1S/C20H21FN4O3S2/c21-16-8-6-14(7-9-16)10-11-22-20(26)15-3-2-12-25(13-15)30(27,28)18-5-1-4-17-19(18)24-29-23-17/h1,4-9,15H,2-3,10-13H2,(H,22,26)/t15-/m1/s1. The van der Waals surface area contributed by atoms with Crippen molar-refractivity contribution in [3.8, 4) is 0 Å². The summed E-state index contributed by atoms with van der Waals surface area (Å²) < 4.78 is 49.0. The van der Waals surface area contributed by atoms with E-state index in [-0.39, 0.29) is 23.2 Å². The lowest BCUT2D eigenvalue weighted by Gasteiger charge is -2.31. The smallest absolute Gasteiger partial charge is 0.245 e. The Labute approximate surface area is 178 Å². The highest BCUT2D eigenvalue weighted by Gasteiger charge is 2.34. The fourth-order valence-corrected chi connectivity index (χ4v) is 5.91. The lowest BCUT2D eigenvalue weighted by molar-refractivity contribution is -0.126. The second-order valence-electron chi connectivity index (χ2n) is 7.26. The number of piperidine rings is 1. The van der Waals surface area contributed by atoms with Crippen molar-refractivity contribution >= 4 is 38.7 Å². The lowest BCUT2D eigenvalue weighted by Crippen LogP contribution is -2.45. The van der Waals surface area contributed by atoms with Crippen LogP contribution in [0.4, 0.5) is 4.39 Å². The van der Waals surface area contributed by atoms with Crippen LogP contribution >= 0.6 is 11.7 Å². The minimum Gasteiger partial charge on any atom is -0.355 e. The van der Waals surface area contributed by atoms with E-state index in [0.717, 1.165) is 17.3 Å². The first-order chi connectivity index (χ1) is 14.4. The van der Waals surface area contributed by atoms with Gasteiger partial charge in [0.05, 0.1) is 17.6 Å². The van der Waals surface area contributed by atoms with Gasteiger partial charge in [-0.3, -0.25) is 4.79 Å². The highest BCUT2D eigenvalue weighted by atomic mass is 32.2. The molecule has 0 bridgehead atoms. The zero-order valence-electron chi connectivity index (χ0n) is 16.1. The molecule has 0 saturated carbocycles. The third kappa shape index (κ3) is 4.35. The number of aromatic nitrogens is 2. The Hall–Kier alpha value is -2.43. The van der Waals surface area contributed by atoms with Gasteiger partial charge in [0.1, 0.15) is 21.7 Å². The number of carbonyl (C=O) groups is 1. The normalized spacial score (nSPS) is 17.8. The molecule has 4 rings (SSSR count). The number of nitrogens with one attached hydrogen (secondary N) is 1. The summed E-state index contributed by atoms with van der Waals surface area (Å²) in [4.78, 5) is 12.7. The molecule has 7 nitrogen and oxygen atoms in total. The summed E-state index contributed by atoms with van der Waals surface area (Å²) >= 11 is 0.975. The molecule has 0 aliphatic carbocycles. The number of hydrogen-bond donors (Lipinski definition) is 1. The quantitative estimate of drug-likeness (QED) is 0.626. The van der Waals surface area contributed by atoms with E-state index in [1.165, 1.54) is 22.5 Å². The second-order valence-corrected chi connectivity index (χ2v) is 9.69. The number of sulfonamides is 1. The van der Waals surface area contributed by atoms with E-state index in [1.54, 1.807) is 24.3 Å². The molecule has 1 amide bonds. The topological polar surface area (TPSA) is 92.3 Å². The van der Waals surface area contributed by atoms with Gasteiger partial charge in [-0.05, 0) is 49.1 Å². The zero-order chi connectivity index (χ0) is 21.1. The minimum atomic E-state index is -3.77. The van der Waals surface area contributed by atoms with Gasteiger partial charge in [-0.1, -0.05) is 18.2 Å². The van der Waals surface area contributed by atoms with Gasteiger partial charge >= 0.3 is 0 Å². The van der Waals surface area contributed by atoms with E-state index in [0.29, 0.717) is 43.4 Å². The molecule has 1 N–H and O–H groups in total. The molecular formula is C20H21FN4O3S2. The zero-order valence-corrected chi connectivity index (χ0v) is 17.8. The number of halogens is 1. The third-order valence-electron chi connectivity index (χ3n) is 5.25. The molecule has 1 saturated heterocycles. The van der Waals surface area contributed by atoms with Gasteiger partial charge in [0.15, 0.2) is 0 Å². The summed E-state index contributed by atoms with van der Waals surface area (Å²) in [7, 11) is -3.77. The second kappa shape index (κ2) is 8.75. The Morgan fingerprint density at radius 3 is 2.80 bits per heavy atom. The molecule has 158 valence electrons. The largest absolute Gasteiger partial charge is 0.355 e. The van der Waals surface area contributed by atoms with Crippen LogP contribution in [0.3, 0.4) is 0 Å². The van der Waals surface area contributed by atoms with Gasteiger partial charge in [0, 0.05) is 19.6 Å². The van der Waals surface area contributed by atoms with Crippen molar-refractivity contribution in [1.29, 1.82) is 0 Å². The van der Waals surface area contributed by atoms with E-state index >= 15 is 0 Å². The first kappa shape index (κ1) is 20.8. The number of amides is 1. The SMILES string of the molecule is O=C(NCCc1ccc(F)cc1)[C@@H]1CCCN(S(=O)(=O)c2cccc3nsnc23)C1. The molecule has 1 atom stereocenters. The van der Waals surface area contributed by atoms with E-state index < -0.39 is 15.9 Å². The van der Waals surface area contributed by atoms with Crippen molar-refractivity contribution in [3.05, 3.63) is 53.8 Å². The number of hydrogen-bond acceptors (Lipinski definition) is 6. The minimum absolute atomic E-state index is 0.131. The summed E-state index contributed by atoms with van der Waals surface area (Å²) in [6.45, 7) is 0.922. The molecule has 30 heavy (non-hydrogen) atoms. The van der Waals surface area contributed by atoms with E-state index in [4.69, 9.17) is 0 Å². The van der Waals surface area contributed by atoms with Gasteiger partial charge in [0.2, 0.25) is 15.9 Å². The fourth-order valence-electron chi connectivity index (χ4n) is 3.63. The molecule has 1 aromatic heterocycles. The highest BCUT2D eigenvalue weighted by molar-refractivity contribution is 7.89. The molecule has 2 heterocycles. The first-order valence-corrected chi connectivity index (χ1v) is 11.9. The maximum Gasteiger partial charge on any atom is 0.245 e. The van der Waals surface area contributed by atoms with Crippen LogP contribution in [0.5, 0.6) is 0 Å². The summed E-state index contributed by atoms with van der Waals surface area (Å²) in [5.41, 5.74) is 1.84. The van der Waals surface area contributed by atoms with Crippen molar-refractivity contribution < 1.29 is 17.6 Å². The molecule has 3 aromatic rings. The number of rotatable bonds is 6. The first-order valence-electron chi connectivity index (χ1n) is 9.69. The van der Waals surface area contributed by atoms with Crippen molar-refractivity contribution in [2.24, 2.45) is 5.92 Å². The van der Waals surface area contributed by atoms with Crippen LogP contribution in [-0.2, 0) is 21.2 Å². The maximum absolute atomic E-state index is 13.2. The molecular weight excluding hydrogens is 427 g/mol. The van der Waals surface area contributed by atoms with Gasteiger partial charge in [-0.2, -0.15) is 13.1 Å². The van der Waals surface area contributed by atoms with Crippen LogP contribution in [0.2, 0.25) is 0 Å². The van der Waals surface area contributed by atoms with Gasteiger partial charge in [0.25, 0.3) is 0 Å². The average Bonchev–Trinajstić information content (AvgIpc) is 3.24. The monoisotopic (exact) mass is 448 g/mol. The lowest BCUT2D eigenvalue weighted by atomic mass is 9.99. The van der Waals surface area contributed by atoms with E-state index in [1.807, 2.05) is 0 Å². The van der Waals surface area contributed by atoms with Crippen LogP contribution in [0, 0.1) is 11.7 Å². The van der Waals surface area contributed by atoms with Crippen molar-refractivity contribution in [2.75, 3.05) is 19.6 Å². The molecule has 0 spiro atoms. The van der Waals surface area contributed by atoms with Crippen LogP contribution < -0.4 is 5.32 Å². The van der Waals surface area contributed by atoms with Crippen LogP contribution in [-0.4, -0.2) is 47.0 Å². The Balaban J connectivity index is 1.40. The van der Waals surface area contributed by atoms with Crippen molar-refractivity contribution in [2.45, 2.75) is 24.2 Å². The van der Waals surface area contributed by atoms with E-state index in [9.17, 15) is 17.6 Å². The Bertz CT molecular complexity index is 1150. The molecule has 10 heteroatoms. The summed E-state index contributed by atoms with van der Waals surface area (Å²) in [5.74, 6) is -0.865. The predicted molar refractivity (Wildman–Crippen MR) is 112 cm³/mol. The van der Waals surface area contributed by atoms with Gasteiger partial charge in [-0.25, -0.2) is 12.8 Å². The Kier molecular flexibility index (Phi) is 6.07. The summed E-state index contributed by atoms with van der Waals surface area (Å²) in [6.07, 6.45) is 1.83. The van der Waals surface area contributed by atoms with Gasteiger partial charge in [-0.15, -0.1) is 0 Å². The molecule has 0 radical (unpaired) electrons.